The molecule has 0 saturated carbocycles. The van der Waals surface area contributed by atoms with Crippen LogP contribution in [-0.4, -0.2) is 52.6 Å². The highest BCUT2D eigenvalue weighted by atomic mass is 16.5. The molecule has 35 heavy (non-hydrogen) atoms. The molecule has 0 radical (unpaired) electrons. The molecular formula is C26H28N6O3. The zero-order valence-electron chi connectivity index (χ0n) is 20.0. The predicted molar refractivity (Wildman–Crippen MR) is 135 cm³/mol. The molecule has 3 aromatic heterocycles. The number of hydrogen-bond acceptors (Lipinski definition) is 8. The van der Waals surface area contributed by atoms with E-state index >= 15 is 0 Å². The highest BCUT2D eigenvalue weighted by Crippen LogP contribution is 2.30. The lowest BCUT2D eigenvalue weighted by Crippen LogP contribution is -2.18. The molecule has 4 aromatic rings. The van der Waals surface area contributed by atoms with Gasteiger partial charge in [0, 0.05) is 43.0 Å². The number of aromatic nitrogens is 4. The molecule has 0 atom stereocenters. The van der Waals surface area contributed by atoms with Gasteiger partial charge in [-0.2, -0.15) is 0 Å². The number of nitrogens with zero attached hydrogens (tertiary/aromatic N) is 4. The summed E-state index contributed by atoms with van der Waals surface area (Å²) in [6.07, 6.45) is 5.61. The third kappa shape index (κ3) is 5.46. The molecule has 0 saturated heterocycles. The van der Waals surface area contributed by atoms with Gasteiger partial charge in [0.25, 0.3) is 11.8 Å². The zero-order valence-corrected chi connectivity index (χ0v) is 20.0. The maximum atomic E-state index is 12.2. The van der Waals surface area contributed by atoms with Gasteiger partial charge in [0.2, 0.25) is 0 Å². The van der Waals surface area contributed by atoms with Crippen LogP contribution in [0.2, 0.25) is 0 Å². The van der Waals surface area contributed by atoms with Crippen molar-refractivity contribution in [2.45, 2.75) is 20.3 Å². The molecular weight excluding hydrogens is 444 g/mol. The van der Waals surface area contributed by atoms with Crippen molar-refractivity contribution >= 4 is 22.6 Å². The van der Waals surface area contributed by atoms with Crippen molar-refractivity contribution in [1.29, 1.82) is 0 Å². The summed E-state index contributed by atoms with van der Waals surface area (Å²) in [5.74, 6) is 1.62. The number of amides is 1. The van der Waals surface area contributed by atoms with Crippen LogP contribution in [0.4, 0.5) is 5.82 Å². The quantitative estimate of drug-likeness (QED) is 0.358. The van der Waals surface area contributed by atoms with Crippen molar-refractivity contribution in [3.63, 3.8) is 0 Å². The number of anilines is 1. The van der Waals surface area contributed by atoms with Gasteiger partial charge in [-0.05, 0) is 38.0 Å². The van der Waals surface area contributed by atoms with Crippen molar-refractivity contribution in [3.05, 3.63) is 66.2 Å². The van der Waals surface area contributed by atoms with Crippen LogP contribution in [0.3, 0.4) is 0 Å². The number of pyridine rings is 2. The molecule has 0 fully saturated rings. The average Bonchev–Trinajstić information content (AvgIpc) is 2.89. The van der Waals surface area contributed by atoms with Crippen LogP contribution in [0, 0.1) is 0 Å². The number of carbonyl (C=O) groups excluding carboxylic acids is 1. The highest BCUT2D eigenvalue weighted by Gasteiger charge is 2.13. The fraction of sp³-hybridized carbons (Fsp3) is 0.269. The predicted octanol–water partition coefficient (Wildman–Crippen LogP) is 3.90. The number of nitrogens with one attached hydrogen (secondary N) is 2. The van der Waals surface area contributed by atoms with E-state index in [0.717, 1.165) is 27.7 Å². The Morgan fingerprint density at radius 3 is 2.66 bits per heavy atom. The number of fused-ring (bicyclic) bond motifs is 1. The Hall–Kier alpha value is -4.27. The Bertz CT molecular complexity index is 1330. The van der Waals surface area contributed by atoms with E-state index in [-0.39, 0.29) is 5.91 Å². The van der Waals surface area contributed by atoms with Gasteiger partial charge in [-0.3, -0.25) is 9.78 Å². The van der Waals surface area contributed by atoms with E-state index in [1.165, 1.54) is 6.33 Å². The summed E-state index contributed by atoms with van der Waals surface area (Å²) in [6, 6.07) is 11.4. The molecule has 3 heterocycles. The number of ether oxygens (including phenoxy) is 2. The van der Waals surface area contributed by atoms with E-state index in [0.29, 0.717) is 49.2 Å². The second-order valence-electron chi connectivity index (χ2n) is 7.61. The minimum Gasteiger partial charge on any atom is -0.488 e. The van der Waals surface area contributed by atoms with Crippen LogP contribution >= 0.6 is 0 Å². The van der Waals surface area contributed by atoms with Gasteiger partial charge >= 0.3 is 0 Å². The first-order chi connectivity index (χ1) is 17.1. The van der Waals surface area contributed by atoms with Crippen LogP contribution < -0.4 is 20.1 Å². The molecule has 4 rings (SSSR count). The van der Waals surface area contributed by atoms with Gasteiger partial charge in [-0.1, -0.05) is 18.2 Å². The van der Waals surface area contributed by atoms with Crippen molar-refractivity contribution in [3.8, 4) is 22.9 Å². The van der Waals surface area contributed by atoms with Gasteiger partial charge < -0.3 is 20.1 Å². The van der Waals surface area contributed by atoms with Gasteiger partial charge in [0.15, 0.2) is 5.75 Å². The van der Waals surface area contributed by atoms with Crippen molar-refractivity contribution in [1.82, 2.24) is 25.3 Å². The summed E-state index contributed by atoms with van der Waals surface area (Å²) in [5, 5.41) is 6.87. The number of para-hydroxylation sites is 1. The molecule has 180 valence electrons. The summed E-state index contributed by atoms with van der Waals surface area (Å²) in [4.78, 5) is 29.9. The Morgan fingerprint density at radius 2 is 1.86 bits per heavy atom. The summed E-state index contributed by atoms with van der Waals surface area (Å²) in [7, 11) is 1.62. The lowest BCUT2D eigenvalue weighted by molar-refractivity contribution is 0.0964. The second-order valence-corrected chi connectivity index (χ2v) is 7.61. The molecule has 0 aliphatic heterocycles. The fourth-order valence-electron chi connectivity index (χ4n) is 3.78. The molecule has 0 aliphatic carbocycles. The van der Waals surface area contributed by atoms with E-state index in [9.17, 15) is 4.79 Å². The number of carbonyl (C=O) groups is 1. The first-order valence-corrected chi connectivity index (χ1v) is 11.5. The minimum absolute atomic E-state index is 0.127. The number of rotatable bonds is 10. The van der Waals surface area contributed by atoms with Crippen molar-refractivity contribution in [2.75, 3.05) is 32.1 Å². The molecule has 1 amide bonds. The minimum atomic E-state index is -0.127. The second kappa shape index (κ2) is 11.2. The molecule has 0 bridgehead atoms. The molecule has 9 nitrogen and oxygen atoms in total. The standard InChI is InChI=1S/C26H28N6O3/c1-4-34-22-13-18(15-30-26(22)35-5-2)21-14-23(32-16-31-21)28-11-9-17-7-6-8-19-20(25(33)27-3)10-12-29-24(17)19/h6-8,10,12-16H,4-5,9,11H2,1-3H3,(H,27,33)(H,28,31,32). The Kier molecular flexibility index (Phi) is 7.67. The number of benzene rings is 1. The Labute approximate surface area is 204 Å². The lowest BCUT2D eigenvalue weighted by Gasteiger charge is -2.12. The molecule has 1 aromatic carbocycles. The Morgan fingerprint density at radius 1 is 1.00 bits per heavy atom. The summed E-state index contributed by atoms with van der Waals surface area (Å²) in [6.45, 7) is 5.47. The summed E-state index contributed by atoms with van der Waals surface area (Å²) in [5.41, 5.74) is 4.02. The van der Waals surface area contributed by atoms with E-state index < -0.39 is 0 Å². The molecule has 0 unspecified atom stereocenters. The molecule has 0 spiro atoms. The van der Waals surface area contributed by atoms with Gasteiger partial charge in [-0.25, -0.2) is 15.0 Å². The normalized spacial score (nSPS) is 10.7. The van der Waals surface area contributed by atoms with E-state index in [1.54, 1.807) is 25.5 Å². The first-order valence-electron chi connectivity index (χ1n) is 11.5. The van der Waals surface area contributed by atoms with Gasteiger partial charge in [0.05, 0.1) is 30.0 Å². The maximum absolute atomic E-state index is 12.2. The Balaban J connectivity index is 1.49. The monoisotopic (exact) mass is 472 g/mol. The average molecular weight is 473 g/mol. The summed E-state index contributed by atoms with van der Waals surface area (Å²) >= 11 is 0. The van der Waals surface area contributed by atoms with Crippen LogP contribution in [0.5, 0.6) is 11.6 Å². The zero-order chi connectivity index (χ0) is 24.6. The van der Waals surface area contributed by atoms with Gasteiger partial charge in [-0.15, -0.1) is 0 Å². The topological polar surface area (TPSA) is 111 Å². The largest absolute Gasteiger partial charge is 0.488 e. The van der Waals surface area contributed by atoms with E-state index in [1.807, 2.05) is 44.2 Å². The molecule has 0 aliphatic rings. The van der Waals surface area contributed by atoms with Crippen molar-refractivity contribution in [2.24, 2.45) is 0 Å². The van der Waals surface area contributed by atoms with Gasteiger partial charge in [0.1, 0.15) is 12.1 Å². The third-order valence-corrected chi connectivity index (χ3v) is 5.39. The number of hydrogen-bond donors (Lipinski definition) is 2. The summed E-state index contributed by atoms with van der Waals surface area (Å²) < 4.78 is 11.2. The third-order valence-electron chi connectivity index (χ3n) is 5.39. The van der Waals surface area contributed by atoms with Crippen molar-refractivity contribution < 1.29 is 14.3 Å². The van der Waals surface area contributed by atoms with Crippen LogP contribution in [0.15, 0.2) is 55.1 Å². The SMILES string of the molecule is CCOc1cc(-c2cc(NCCc3cccc4c(C(=O)NC)ccnc34)ncn2)cnc1OCC. The van der Waals surface area contributed by atoms with Crippen LogP contribution in [0.1, 0.15) is 29.8 Å². The highest BCUT2D eigenvalue weighted by molar-refractivity contribution is 6.06. The van der Waals surface area contributed by atoms with Crippen LogP contribution in [0.25, 0.3) is 22.2 Å². The maximum Gasteiger partial charge on any atom is 0.257 e. The van der Waals surface area contributed by atoms with Crippen LogP contribution in [-0.2, 0) is 6.42 Å². The van der Waals surface area contributed by atoms with E-state index in [2.05, 4.69) is 30.6 Å². The van der Waals surface area contributed by atoms with E-state index in [4.69, 9.17) is 9.47 Å². The smallest absolute Gasteiger partial charge is 0.257 e. The fourth-order valence-corrected chi connectivity index (χ4v) is 3.78. The molecule has 9 heteroatoms. The first kappa shape index (κ1) is 23.9. The lowest BCUT2D eigenvalue weighted by atomic mass is 10.0. The molecule has 2 N–H and O–H groups in total.